The van der Waals surface area contributed by atoms with E-state index in [1.54, 1.807) is 0 Å². The summed E-state index contributed by atoms with van der Waals surface area (Å²) in [7, 11) is 0. The van der Waals surface area contributed by atoms with E-state index in [1.807, 2.05) is 0 Å². The number of nitrogens with zero attached hydrogens (tertiary/aromatic N) is 1. The van der Waals surface area contributed by atoms with Crippen molar-refractivity contribution >= 4 is 5.91 Å². The lowest BCUT2D eigenvalue weighted by molar-refractivity contribution is -0.123. The van der Waals surface area contributed by atoms with Crippen molar-refractivity contribution in [2.45, 2.75) is 50.6 Å². The second kappa shape index (κ2) is 5.15. The van der Waals surface area contributed by atoms with E-state index < -0.39 is 0 Å². The molecule has 0 radical (unpaired) electrons. The lowest BCUT2D eigenvalue weighted by Gasteiger charge is -2.40. The van der Waals surface area contributed by atoms with Crippen molar-refractivity contribution < 1.29 is 4.79 Å². The SMILES string of the molecule is NC(=O)C1CCN(C2CCCC(N)C2)CC1. The summed E-state index contributed by atoms with van der Waals surface area (Å²) in [6, 6.07) is 1.03. The molecule has 4 nitrogen and oxygen atoms in total. The molecular formula is C12H23N3O. The van der Waals surface area contributed by atoms with Gasteiger partial charge in [0, 0.05) is 18.0 Å². The molecule has 92 valence electrons. The van der Waals surface area contributed by atoms with E-state index in [0.29, 0.717) is 12.1 Å². The number of likely N-dealkylation sites (tertiary alicyclic amines) is 1. The summed E-state index contributed by atoms with van der Waals surface area (Å²) in [4.78, 5) is 13.6. The van der Waals surface area contributed by atoms with Crippen molar-refractivity contribution in [3.05, 3.63) is 0 Å². The lowest BCUT2D eigenvalue weighted by atomic mass is 9.88. The molecule has 2 aliphatic rings. The minimum absolute atomic E-state index is 0.105. The maximum atomic E-state index is 11.1. The Morgan fingerprint density at radius 3 is 2.38 bits per heavy atom. The van der Waals surface area contributed by atoms with Gasteiger partial charge in [-0.2, -0.15) is 0 Å². The molecule has 16 heavy (non-hydrogen) atoms. The van der Waals surface area contributed by atoms with Crippen LogP contribution in [0.2, 0.25) is 0 Å². The first-order valence-corrected chi connectivity index (χ1v) is 6.45. The van der Waals surface area contributed by atoms with Crippen LogP contribution in [0.3, 0.4) is 0 Å². The number of rotatable bonds is 2. The molecule has 1 saturated carbocycles. The maximum absolute atomic E-state index is 11.1. The van der Waals surface area contributed by atoms with Crippen molar-refractivity contribution in [1.82, 2.24) is 4.90 Å². The van der Waals surface area contributed by atoms with Crippen molar-refractivity contribution in [3.8, 4) is 0 Å². The van der Waals surface area contributed by atoms with Crippen LogP contribution in [0, 0.1) is 5.92 Å². The topological polar surface area (TPSA) is 72.4 Å². The largest absolute Gasteiger partial charge is 0.369 e. The summed E-state index contributed by atoms with van der Waals surface area (Å²) < 4.78 is 0. The molecule has 1 amide bonds. The molecule has 2 rings (SSSR count). The third-order valence-electron chi connectivity index (χ3n) is 4.14. The zero-order chi connectivity index (χ0) is 11.5. The van der Waals surface area contributed by atoms with Crippen LogP contribution in [0.25, 0.3) is 0 Å². The van der Waals surface area contributed by atoms with Gasteiger partial charge in [-0.25, -0.2) is 0 Å². The molecule has 1 saturated heterocycles. The molecule has 0 aromatic heterocycles. The Balaban J connectivity index is 1.81. The van der Waals surface area contributed by atoms with E-state index >= 15 is 0 Å². The Morgan fingerprint density at radius 2 is 1.81 bits per heavy atom. The molecule has 2 fully saturated rings. The van der Waals surface area contributed by atoms with Crippen LogP contribution < -0.4 is 11.5 Å². The minimum Gasteiger partial charge on any atom is -0.369 e. The Hall–Kier alpha value is -0.610. The number of amides is 1. The fourth-order valence-electron chi connectivity index (χ4n) is 3.08. The van der Waals surface area contributed by atoms with Gasteiger partial charge in [0.05, 0.1) is 0 Å². The van der Waals surface area contributed by atoms with Gasteiger partial charge in [-0.3, -0.25) is 4.79 Å². The first-order chi connectivity index (χ1) is 7.66. The highest BCUT2D eigenvalue weighted by atomic mass is 16.1. The normalized spacial score (nSPS) is 33.8. The molecule has 1 aliphatic heterocycles. The number of hydrogen-bond donors (Lipinski definition) is 2. The third kappa shape index (κ3) is 2.74. The van der Waals surface area contributed by atoms with Crippen LogP contribution in [0.5, 0.6) is 0 Å². The number of carbonyl (C=O) groups is 1. The zero-order valence-electron chi connectivity index (χ0n) is 9.90. The molecule has 1 aliphatic carbocycles. The van der Waals surface area contributed by atoms with Gasteiger partial charge in [0.15, 0.2) is 0 Å². The van der Waals surface area contributed by atoms with E-state index in [4.69, 9.17) is 11.5 Å². The predicted octanol–water partition coefficient (Wildman–Crippen LogP) is 0.454. The second-order valence-electron chi connectivity index (χ2n) is 5.29. The molecule has 0 aromatic carbocycles. The van der Waals surface area contributed by atoms with Crippen molar-refractivity contribution in [2.75, 3.05) is 13.1 Å². The molecule has 2 atom stereocenters. The highest BCUT2D eigenvalue weighted by molar-refractivity contribution is 5.76. The fraction of sp³-hybridized carbons (Fsp3) is 0.917. The molecule has 0 bridgehead atoms. The van der Waals surface area contributed by atoms with Crippen LogP contribution in [0.15, 0.2) is 0 Å². The molecule has 1 heterocycles. The Labute approximate surface area is 97.3 Å². The average Bonchev–Trinajstić information content (AvgIpc) is 2.29. The highest BCUT2D eigenvalue weighted by Gasteiger charge is 2.29. The summed E-state index contributed by atoms with van der Waals surface area (Å²) in [5, 5.41) is 0. The molecule has 4 heteroatoms. The molecule has 0 spiro atoms. The lowest BCUT2D eigenvalue weighted by Crippen LogP contribution is -2.47. The number of primary amides is 1. The van der Waals surface area contributed by atoms with Gasteiger partial charge < -0.3 is 16.4 Å². The predicted molar refractivity (Wildman–Crippen MR) is 63.7 cm³/mol. The molecular weight excluding hydrogens is 202 g/mol. The molecule has 2 unspecified atom stereocenters. The minimum atomic E-state index is -0.125. The Morgan fingerprint density at radius 1 is 1.12 bits per heavy atom. The summed E-state index contributed by atoms with van der Waals surface area (Å²) in [6.45, 7) is 2.04. The van der Waals surface area contributed by atoms with Crippen LogP contribution in [0.1, 0.15) is 38.5 Å². The van der Waals surface area contributed by atoms with Crippen LogP contribution >= 0.6 is 0 Å². The smallest absolute Gasteiger partial charge is 0.220 e. The van der Waals surface area contributed by atoms with Crippen LogP contribution in [0.4, 0.5) is 0 Å². The van der Waals surface area contributed by atoms with Crippen LogP contribution in [-0.2, 0) is 4.79 Å². The van der Waals surface area contributed by atoms with E-state index in [-0.39, 0.29) is 11.8 Å². The maximum Gasteiger partial charge on any atom is 0.220 e. The third-order valence-corrected chi connectivity index (χ3v) is 4.14. The van der Waals surface area contributed by atoms with Gasteiger partial charge in [0.25, 0.3) is 0 Å². The number of hydrogen-bond acceptors (Lipinski definition) is 3. The first kappa shape index (κ1) is 11.9. The van der Waals surface area contributed by atoms with Gasteiger partial charge in [-0.1, -0.05) is 6.42 Å². The second-order valence-corrected chi connectivity index (χ2v) is 5.29. The van der Waals surface area contributed by atoms with E-state index in [9.17, 15) is 4.79 Å². The van der Waals surface area contributed by atoms with Gasteiger partial charge >= 0.3 is 0 Å². The van der Waals surface area contributed by atoms with Crippen molar-refractivity contribution in [3.63, 3.8) is 0 Å². The highest BCUT2D eigenvalue weighted by Crippen LogP contribution is 2.26. The van der Waals surface area contributed by atoms with Gasteiger partial charge in [-0.15, -0.1) is 0 Å². The Kier molecular flexibility index (Phi) is 3.82. The number of carbonyl (C=O) groups excluding carboxylic acids is 1. The quantitative estimate of drug-likeness (QED) is 0.717. The average molecular weight is 225 g/mol. The van der Waals surface area contributed by atoms with E-state index in [2.05, 4.69) is 4.90 Å². The molecule has 0 aromatic rings. The standard InChI is InChI=1S/C12H23N3O/c13-10-2-1-3-11(8-10)15-6-4-9(5-7-15)12(14)16/h9-11H,1-8,13H2,(H2,14,16). The summed E-state index contributed by atoms with van der Waals surface area (Å²) in [5.74, 6) is -0.0199. The monoisotopic (exact) mass is 225 g/mol. The molecule has 4 N–H and O–H groups in total. The Bertz CT molecular complexity index is 249. The van der Waals surface area contributed by atoms with Gasteiger partial charge in [0.2, 0.25) is 5.91 Å². The number of piperidine rings is 1. The first-order valence-electron chi connectivity index (χ1n) is 6.45. The van der Waals surface area contributed by atoms with Crippen molar-refractivity contribution in [2.24, 2.45) is 17.4 Å². The van der Waals surface area contributed by atoms with E-state index in [0.717, 1.165) is 32.4 Å². The van der Waals surface area contributed by atoms with Gasteiger partial charge in [0.1, 0.15) is 0 Å². The zero-order valence-corrected chi connectivity index (χ0v) is 9.90. The summed E-state index contributed by atoms with van der Waals surface area (Å²) in [5.41, 5.74) is 11.3. The summed E-state index contributed by atoms with van der Waals surface area (Å²) in [6.07, 6.45) is 6.69. The van der Waals surface area contributed by atoms with E-state index in [1.165, 1.54) is 19.3 Å². The summed E-state index contributed by atoms with van der Waals surface area (Å²) >= 11 is 0. The van der Waals surface area contributed by atoms with Crippen LogP contribution in [-0.4, -0.2) is 36.0 Å². The fourth-order valence-corrected chi connectivity index (χ4v) is 3.08. The van der Waals surface area contributed by atoms with Gasteiger partial charge in [-0.05, 0) is 45.2 Å². The number of nitrogens with two attached hydrogens (primary N) is 2. The van der Waals surface area contributed by atoms with Crippen molar-refractivity contribution in [1.29, 1.82) is 0 Å².